The molecule has 2 amide bonds. The quantitative estimate of drug-likeness (QED) is 0.661. The predicted molar refractivity (Wildman–Crippen MR) is 49.8 cm³/mol. The van der Waals surface area contributed by atoms with Crippen molar-refractivity contribution in [2.24, 2.45) is 0 Å². The molecule has 0 unspecified atom stereocenters. The van der Waals surface area contributed by atoms with Crippen LogP contribution in [0.2, 0.25) is 0 Å². The number of anilines is 1. The average molecular weight is 181 g/mol. The van der Waals surface area contributed by atoms with E-state index in [0.29, 0.717) is 0 Å². The Kier molecular flexibility index (Phi) is 2.69. The first-order valence-electron chi connectivity index (χ1n) is 3.76. The van der Waals surface area contributed by atoms with Gasteiger partial charge in [-0.3, -0.25) is 4.79 Å². The molecule has 0 fully saturated rings. The number of hydrogen-bond donors (Lipinski definition) is 2. The Bertz CT molecular complexity index is 356. The number of rotatable bonds is 1. The summed E-state index contributed by atoms with van der Waals surface area (Å²) in [4.78, 5) is 26.3. The summed E-state index contributed by atoms with van der Waals surface area (Å²) in [5.41, 5.74) is 0.0372. The summed E-state index contributed by atoms with van der Waals surface area (Å²) in [7, 11) is 3.21. The number of H-pyrrole nitrogens is 1. The zero-order valence-corrected chi connectivity index (χ0v) is 7.50. The van der Waals surface area contributed by atoms with E-state index < -0.39 is 0 Å². The molecule has 0 aliphatic heterocycles. The third-order valence-corrected chi connectivity index (χ3v) is 1.47. The predicted octanol–water partition coefficient (Wildman–Crippen LogP) is 0.468. The molecular formula is C8H11N3O2. The molecule has 1 aromatic heterocycles. The fourth-order valence-corrected chi connectivity index (χ4v) is 0.741. The maximum Gasteiger partial charge on any atom is 0.321 e. The van der Waals surface area contributed by atoms with Crippen LogP contribution < -0.4 is 10.7 Å². The maximum absolute atomic E-state index is 11.1. The van der Waals surface area contributed by atoms with Crippen LogP contribution in [0.5, 0.6) is 0 Å². The number of carbonyl (C=O) groups is 1. The molecule has 5 nitrogen and oxygen atoms in total. The largest absolute Gasteiger partial charge is 0.366 e. The number of pyridine rings is 1. The van der Waals surface area contributed by atoms with Gasteiger partial charge in [0.15, 0.2) is 0 Å². The number of aromatic nitrogens is 1. The van der Waals surface area contributed by atoms with E-state index in [9.17, 15) is 9.59 Å². The average Bonchev–Trinajstić information content (AvgIpc) is 2.08. The summed E-state index contributed by atoms with van der Waals surface area (Å²) in [6.07, 6.45) is 2.96. The fourth-order valence-electron chi connectivity index (χ4n) is 0.741. The van der Waals surface area contributed by atoms with Crippen LogP contribution in [-0.2, 0) is 0 Å². The number of hydrogen-bond acceptors (Lipinski definition) is 2. The lowest BCUT2D eigenvalue weighted by Gasteiger charge is -2.10. The van der Waals surface area contributed by atoms with E-state index in [1.807, 2.05) is 0 Å². The molecule has 0 aromatic carbocycles. The van der Waals surface area contributed by atoms with Crippen molar-refractivity contribution in [2.45, 2.75) is 0 Å². The van der Waals surface area contributed by atoms with Gasteiger partial charge >= 0.3 is 6.03 Å². The van der Waals surface area contributed by atoms with Gasteiger partial charge in [0, 0.05) is 32.6 Å². The van der Waals surface area contributed by atoms with Gasteiger partial charge in [-0.25, -0.2) is 4.79 Å². The first-order chi connectivity index (χ1) is 6.11. The Morgan fingerprint density at radius 2 is 2.23 bits per heavy atom. The first kappa shape index (κ1) is 9.31. The van der Waals surface area contributed by atoms with Crippen LogP contribution in [0.15, 0.2) is 23.3 Å². The molecule has 0 atom stereocenters. The molecule has 0 saturated carbocycles. The normalized spacial score (nSPS) is 9.38. The van der Waals surface area contributed by atoms with Gasteiger partial charge in [0.1, 0.15) is 5.69 Å². The molecule has 0 spiro atoms. The highest BCUT2D eigenvalue weighted by Crippen LogP contribution is 1.95. The Hall–Kier alpha value is -1.78. The van der Waals surface area contributed by atoms with Crippen molar-refractivity contribution in [1.82, 2.24) is 9.88 Å². The van der Waals surface area contributed by atoms with E-state index in [-0.39, 0.29) is 17.1 Å². The molecule has 1 heterocycles. The standard InChI is InChI=1S/C8H11N3O2/c1-11(2)8(13)10-6-5-9-4-3-7(6)12/h3-5H,1-2H3,(H,9,12)(H,10,13). The lowest BCUT2D eigenvalue weighted by Crippen LogP contribution is -2.29. The highest BCUT2D eigenvalue weighted by Gasteiger charge is 2.05. The summed E-state index contributed by atoms with van der Waals surface area (Å²) < 4.78 is 0. The highest BCUT2D eigenvalue weighted by atomic mass is 16.2. The molecule has 0 aliphatic carbocycles. The number of carbonyl (C=O) groups excluding carboxylic acids is 1. The molecule has 1 rings (SSSR count). The number of amides is 2. The smallest absolute Gasteiger partial charge is 0.321 e. The second-order valence-corrected chi connectivity index (χ2v) is 2.75. The summed E-state index contributed by atoms with van der Waals surface area (Å²) in [5.74, 6) is 0. The van der Waals surface area contributed by atoms with Gasteiger partial charge in [-0.05, 0) is 0 Å². The fraction of sp³-hybridized carbons (Fsp3) is 0.250. The van der Waals surface area contributed by atoms with E-state index >= 15 is 0 Å². The Morgan fingerprint density at radius 1 is 1.54 bits per heavy atom. The minimum absolute atomic E-state index is 0.214. The summed E-state index contributed by atoms with van der Waals surface area (Å²) in [6.45, 7) is 0. The second kappa shape index (κ2) is 3.75. The van der Waals surface area contributed by atoms with E-state index in [4.69, 9.17) is 0 Å². The van der Waals surface area contributed by atoms with Crippen LogP contribution in [0.3, 0.4) is 0 Å². The molecule has 70 valence electrons. The number of nitrogens with zero attached hydrogens (tertiary/aromatic N) is 1. The van der Waals surface area contributed by atoms with Crippen LogP contribution in [-0.4, -0.2) is 30.0 Å². The van der Waals surface area contributed by atoms with Crippen LogP contribution in [0.25, 0.3) is 0 Å². The van der Waals surface area contributed by atoms with Crippen LogP contribution in [0.4, 0.5) is 10.5 Å². The number of aromatic amines is 1. The molecule has 0 saturated heterocycles. The molecule has 13 heavy (non-hydrogen) atoms. The van der Waals surface area contributed by atoms with Gasteiger partial charge in [0.05, 0.1) is 0 Å². The van der Waals surface area contributed by atoms with E-state index in [2.05, 4.69) is 10.3 Å². The lowest BCUT2D eigenvalue weighted by molar-refractivity contribution is 0.230. The van der Waals surface area contributed by atoms with Crippen molar-refractivity contribution in [3.63, 3.8) is 0 Å². The van der Waals surface area contributed by atoms with Gasteiger partial charge in [0.25, 0.3) is 0 Å². The van der Waals surface area contributed by atoms with Crippen molar-refractivity contribution in [3.8, 4) is 0 Å². The summed E-state index contributed by atoms with van der Waals surface area (Å²) in [5, 5.41) is 2.45. The minimum atomic E-state index is -0.322. The van der Waals surface area contributed by atoms with E-state index in [0.717, 1.165) is 0 Å². The molecular weight excluding hydrogens is 170 g/mol. The van der Waals surface area contributed by atoms with Crippen molar-refractivity contribution in [1.29, 1.82) is 0 Å². The monoisotopic (exact) mass is 181 g/mol. The Labute approximate surface area is 75.4 Å². The molecule has 0 radical (unpaired) electrons. The maximum atomic E-state index is 11.1. The second-order valence-electron chi connectivity index (χ2n) is 2.75. The highest BCUT2D eigenvalue weighted by molar-refractivity contribution is 5.88. The lowest BCUT2D eigenvalue weighted by atomic mass is 10.4. The SMILES string of the molecule is CN(C)C(=O)Nc1c[nH]ccc1=O. The zero-order valence-electron chi connectivity index (χ0n) is 7.50. The van der Waals surface area contributed by atoms with Gasteiger partial charge in [0.2, 0.25) is 5.43 Å². The van der Waals surface area contributed by atoms with Gasteiger partial charge in [-0.2, -0.15) is 0 Å². The number of urea groups is 1. The first-order valence-corrected chi connectivity index (χ1v) is 3.76. The third kappa shape index (κ3) is 2.33. The molecule has 0 bridgehead atoms. The summed E-state index contributed by atoms with van der Waals surface area (Å²) in [6, 6.07) is 1.03. The molecule has 1 aromatic rings. The molecule has 5 heteroatoms. The molecule has 2 N–H and O–H groups in total. The van der Waals surface area contributed by atoms with Crippen LogP contribution in [0, 0.1) is 0 Å². The Morgan fingerprint density at radius 3 is 2.77 bits per heavy atom. The minimum Gasteiger partial charge on any atom is -0.366 e. The van der Waals surface area contributed by atoms with Crippen LogP contribution >= 0.6 is 0 Å². The molecule has 0 aliphatic rings. The van der Waals surface area contributed by atoms with Gasteiger partial charge in [-0.1, -0.05) is 0 Å². The Balaban J connectivity index is 2.81. The topological polar surface area (TPSA) is 65.2 Å². The van der Waals surface area contributed by atoms with Crippen molar-refractivity contribution in [3.05, 3.63) is 28.7 Å². The van der Waals surface area contributed by atoms with Crippen LogP contribution in [0.1, 0.15) is 0 Å². The van der Waals surface area contributed by atoms with Gasteiger partial charge in [-0.15, -0.1) is 0 Å². The van der Waals surface area contributed by atoms with Gasteiger partial charge < -0.3 is 15.2 Å². The number of nitrogens with one attached hydrogen (secondary N) is 2. The van der Waals surface area contributed by atoms with E-state index in [1.165, 1.54) is 23.4 Å². The van der Waals surface area contributed by atoms with E-state index in [1.54, 1.807) is 14.1 Å². The summed E-state index contributed by atoms with van der Waals surface area (Å²) >= 11 is 0. The van der Waals surface area contributed by atoms with Crippen molar-refractivity contribution < 1.29 is 4.79 Å². The third-order valence-electron chi connectivity index (χ3n) is 1.47. The van der Waals surface area contributed by atoms with Crippen molar-refractivity contribution >= 4 is 11.7 Å². The zero-order chi connectivity index (χ0) is 9.84. The van der Waals surface area contributed by atoms with Crippen molar-refractivity contribution in [2.75, 3.05) is 19.4 Å².